The molecule has 276 valence electrons. The van der Waals surface area contributed by atoms with E-state index in [9.17, 15) is 9.59 Å². The van der Waals surface area contributed by atoms with Gasteiger partial charge in [0.2, 0.25) is 0 Å². The summed E-state index contributed by atoms with van der Waals surface area (Å²) in [6.45, 7) is 22.5. The van der Waals surface area contributed by atoms with Gasteiger partial charge >= 0.3 is 12.2 Å². The van der Waals surface area contributed by atoms with Crippen molar-refractivity contribution in [1.29, 1.82) is 0 Å². The lowest BCUT2D eigenvalue weighted by Crippen LogP contribution is -2.40. The third kappa shape index (κ3) is 18.8. The van der Waals surface area contributed by atoms with Crippen LogP contribution in [-0.2, 0) is 20.7 Å². The topological polar surface area (TPSA) is 155 Å². The molecule has 0 saturated carbocycles. The van der Waals surface area contributed by atoms with Gasteiger partial charge in [0.15, 0.2) is 5.82 Å². The van der Waals surface area contributed by atoms with Gasteiger partial charge in [0.25, 0.3) is 6.47 Å². The minimum atomic E-state index is -0.559. The van der Waals surface area contributed by atoms with Crippen LogP contribution in [0.2, 0.25) is 5.02 Å². The summed E-state index contributed by atoms with van der Waals surface area (Å²) in [7, 11) is 0. The van der Waals surface area contributed by atoms with Crippen LogP contribution in [0.5, 0.6) is 0 Å². The van der Waals surface area contributed by atoms with Crippen LogP contribution in [-0.4, -0.2) is 70.3 Å². The van der Waals surface area contributed by atoms with E-state index in [0.29, 0.717) is 22.2 Å². The molecule has 0 radical (unpaired) electrons. The third-order valence-electron chi connectivity index (χ3n) is 6.27. The zero-order valence-electron chi connectivity index (χ0n) is 30.9. The first-order valence-electron chi connectivity index (χ1n) is 16.6. The van der Waals surface area contributed by atoms with Gasteiger partial charge in [-0.1, -0.05) is 61.6 Å². The summed E-state index contributed by atoms with van der Waals surface area (Å²) in [6, 6.07) is 4.02. The molecule has 12 nitrogen and oxygen atoms in total. The Morgan fingerprint density at radius 2 is 1.69 bits per heavy atom. The van der Waals surface area contributed by atoms with E-state index in [1.54, 1.807) is 0 Å². The van der Waals surface area contributed by atoms with E-state index in [4.69, 9.17) is 31.0 Å². The standard InChI is InChI=1S/C17H24BrClN2O2.C15H24N4O2.C2H6.CH2O2/c1-5-13-14(18)8-11(19)9-15(13)21-7-6-12(10-21)20-16(22)23-17(2,3)4;1-6-7-8-9-16-12-11(2)17-10-18-13(12)19-14(20)21-15(3,4)5;1-2;2-1-3/h8-9,12H,5-7,10H2,1-4H3,(H,20,22);9-10H,6-8H2,1-5H3,(H,17,18,19,20);1-2H3;1H,(H,2,3). The third-order valence-corrected chi connectivity index (χ3v) is 7.20. The number of unbranched alkanes of at least 4 members (excludes halogenated alkanes) is 2. The molecule has 2 heterocycles. The largest absolute Gasteiger partial charge is 0.483 e. The Morgan fingerprint density at radius 3 is 2.24 bits per heavy atom. The van der Waals surface area contributed by atoms with Crippen LogP contribution < -0.4 is 15.5 Å². The molecule has 1 fully saturated rings. The first-order valence-corrected chi connectivity index (χ1v) is 17.8. The molecule has 1 aliphatic heterocycles. The smallest absolute Gasteiger partial charge is 0.413 e. The van der Waals surface area contributed by atoms with E-state index < -0.39 is 17.3 Å². The molecule has 1 aromatic heterocycles. The summed E-state index contributed by atoms with van der Waals surface area (Å²) in [5.41, 5.74) is 2.63. The lowest BCUT2D eigenvalue weighted by atomic mass is 10.1. The number of carboxylic acid groups (broad SMARTS) is 1. The minimum absolute atomic E-state index is 0.0901. The molecular weight excluding hydrogens is 716 g/mol. The monoisotopic (exact) mass is 770 g/mol. The maximum absolute atomic E-state index is 11.9. The van der Waals surface area contributed by atoms with Crippen molar-refractivity contribution in [3.63, 3.8) is 0 Å². The van der Waals surface area contributed by atoms with Crippen LogP contribution in [0.25, 0.3) is 0 Å². The number of halogens is 2. The zero-order chi connectivity index (χ0) is 37.8. The molecule has 0 spiro atoms. The van der Waals surface area contributed by atoms with E-state index >= 15 is 0 Å². The molecule has 1 aliphatic rings. The Bertz CT molecular complexity index is 1350. The fourth-order valence-electron chi connectivity index (χ4n) is 4.36. The minimum Gasteiger partial charge on any atom is -0.483 e. The second kappa shape index (κ2) is 23.0. The van der Waals surface area contributed by atoms with Crippen molar-refractivity contribution < 1.29 is 29.0 Å². The highest BCUT2D eigenvalue weighted by atomic mass is 79.9. The van der Waals surface area contributed by atoms with Crippen LogP contribution in [0.1, 0.15) is 106 Å². The lowest BCUT2D eigenvalue weighted by molar-refractivity contribution is -0.122. The Hall–Kier alpha value is -3.45. The second-order valence-electron chi connectivity index (χ2n) is 12.7. The van der Waals surface area contributed by atoms with E-state index in [1.807, 2.05) is 80.7 Å². The molecule has 0 aliphatic carbocycles. The van der Waals surface area contributed by atoms with E-state index in [-0.39, 0.29) is 18.6 Å². The number of aromatic nitrogens is 2. The first-order chi connectivity index (χ1) is 22.9. The number of aryl methyl sites for hydroxylation is 1. The van der Waals surface area contributed by atoms with Crippen LogP contribution in [0.4, 0.5) is 26.8 Å². The summed E-state index contributed by atoms with van der Waals surface area (Å²) in [5.74, 6) is 0.365. The number of anilines is 2. The Kier molecular flexibility index (Phi) is 21.4. The lowest BCUT2D eigenvalue weighted by Gasteiger charge is -2.24. The van der Waals surface area contributed by atoms with Crippen LogP contribution in [0.15, 0.2) is 27.9 Å². The van der Waals surface area contributed by atoms with E-state index in [2.05, 4.69) is 60.3 Å². The predicted octanol–water partition coefficient (Wildman–Crippen LogP) is 9.52. The maximum atomic E-state index is 11.9. The number of hydrogen-bond acceptors (Lipinski definition) is 9. The Balaban J connectivity index is 0.000000834. The first kappa shape index (κ1) is 45.6. The number of aliphatic imine (C=N–C) groups is 1. The maximum Gasteiger partial charge on any atom is 0.413 e. The quantitative estimate of drug-likeness (QED) is 0.135. The molecule has 14 heteroatoms. The number of benzene rings is 1. The van der Waals surface area contributed by atoms with Gasteiger partial charge in [0.1, 0.15) is 23.2 Å². The SMILES string of the molecule is CC.CCCCC=Nc1c(C)ncnc1NC(=O)OC(C)(C)C.CCc1c(Br)cc(Cl)cc1N1CCC(NC(=O)OC(C)(C)C)C1.O=CO. The van der Waals surface area contributed by atoms with Crippen molar-refractivity contribution in [3.05, 3.63) is 39.2 Å². The van der Waals surface area contributed by atoms with Crippen molar-refractivity contribution in [2.24, 2.45) is 4.99 Å². The molecule has 3 N–H and O–H groups in total. The van der Waals surface area contributed by atoms with Gasteiger partial charge in [-0.2, -0.15) is 0 Å². The summed E-state index contributed by atoms with van der Waals surface area (Å²) >= 11 is 9.80. The van der Waals surface area contributed by atoms with Gasteiger partial charge in [-0.15, -0.1) is 0 Å². The summed E-state index contributed by atoms with van der Waals surface area (Å²) in [6.07, 6.45) is 7.21. The predicted molar refractivity (Wildman–Crippen MR) is 203 cm³/mol. The van der Waals surface area contributed by atoms with Crippen molar-refractivity contribution in [3.8, 4) is 0 Å². The van der Waals surface area contributed by atoms with Gasteiger partial charge in [-0.25, -0.2) is 19.6 Å². The number of rotatable bonds is 8. The molecule has 1 unspecified atom stereocenters. The molecule has 0 bridgehead atoms. The van der Waals surface area contributed by atoms with Gasteiger partial charge in [0.05, 0.1) is 11.7 Å². The average Bonchev–Trinajstić information content (AvgIpc) is 3.44. The van der Waals surface area contributed by atoms with E-state index in [0.717, 1.165) is 55.4 Å². The number of amides is 2. The van der Waals surface area contributed by atoms with Gasteiger partial charge in [-0.05, 0) is 91.8 Å². The summed E-state index contributed by atoms with van der Waals surface area (Å²) in [5, 5.41) is 13.2. The highest BCUT2D eigenvalue weighted by Gasteiger charge is 2.28. The highest BCUT2D eigenvalue weighted by Crippen LogP contribution is 2.34. The number of carbonyl (C=O) groups is 3. The van der Waals surface area contributed by atoms with Crippen LogP contribution in [0.3, 0.4) is 0 Å². The van der Waals surface area contributed by atoms with E-state index in [1.165, 1.54) is 11.9 Å². The fourth-order valence-corrected chi connectivity index (χ4v) is 5.43. The molecule has 1 atom stereocenters. The summed E-state index contributed by atoms with van der Waals surface area (Å²) in [4.78, 5) is 46.9. The molecule has 1 aromatic carbocycles. The van der Waals surface area contributed by atoms with Crippen molar-refractivity contribution >= 4 is 69.6 Å². The molecule has 49 heavy (non-hydrogen) atoms. The number of ether oxygens (including phenoxy) is 2. The van der Waals surface area contributed by atoms with Crippen molar-refractivity contribution in [2.75, 3.05) is 23.3 Å². The van der Waals surface area contributed by atoms with Gasteiger partial charge in [0, 0.05) is 34.5 Å². The summed E-state index contributed by atoms with van der Waals surface area (Å²) < 4.78 is 11.6. The number of nitrogens with zero attached hydrogens (tertiary/aromatic N) is 4. The number of carbonyl (C=O) groups excluding carboxylic acids is 2. The van der Waals surface area contributed by atoms with Crippen molar-refractivity contribution in [1.82, 2.24) is 15.3 Å². The molecule has 1 saturated heterocycles. The molecule has 2 amide bonds. The van der Waals surface area contributed by atoms with Gasteiger partial charge < -0.3 is 24.8 Å². The number of hydrogen-bond donors (Lipinski definition) is 3. The highest BCUT2D eigenvalue weighted by molar-refractivity contribution is 9.10. The molecule has 3 rings (SSSR count). The van der Waals surface area contributed by atoms with Gasteiger partial charge in [-0.3, -0.25) is 15.1 Å². The van der Waals surface area contributed by atoms with Crippen LogP contribution >= 0.6 is 27.5 Å². The molecule has 2 aromatic rings. The normalized spacial score (nSPS) is 13.9. The zero-order valence-corrected chi connectivity index (χ0v) is 33.3. The fraction of sp³-hybridized carbons (Fsp3) is 0.600. The van der Waals surface area contributed by atoms with Crippen LogP contribution in [0, 0.1) is 6.92 Å². The second-order valence-corrected chi connectivity index (χ2v) is 13.9. The number of nitrogens with one attached hydrogen (secondary N) is 2. The number of alkyl carbamates (subject to hydrolysis) is 1. The molecular formula is C35H56BrClN6O6. The average molecular weight is 772 g/mol. The Morgan fingerprint density at radius 1 is 1.10 bits per heavy atom. The Labute approximate surface area is 305 Å². The van der Waals surface area contributed by atoms with Crippen molar-refractivity contribution in [2.45, 2.75) is 126 Å².